The van der Waals surface area contributed by atoms with Crippen LogP contribution in [-0.4, -0.2) is 11.9 Å². The number of hydrogen-bond acceptors (Lipinski definition) is 3. The first-order chi connectivity index (χ1) is 4.12. The van der Waals surface area contributed by atoms with Crippen molar-refractivity contribution in [2.24, 2.45) is 11.5 Å². The van der Waals surface area contributed by atoms with Gasteiger partial charge in [0.1, 0.15) is 6.29 Å². The lowest BCUT2D eigenvalue weighted by molar-refractivity contribution is -0.108. The molecule has 0 heterocycles. The second-order valence-corrected chi connectivity index (χ2v) is 2.29. The molecule has 0 radical (unpaired) electrons. The smallest absolute Gasteiger partial charge is 0.120 e. The Hall–Kier alpha value is -0.410. The molecule has 0 atom stereocenters. The highest BCUT2D eigenvalue weighted by atomic mass is 16.1. The van der Waals surface area contributed by atoms with Gasteiger partial charge in [0.2, 0.25) is 0 Å². The fourth-order valence-corrected chi connectivity index (χ4v) is 0.504. The fraction of sp³-hybridized carbons (Fsp3) is 0.833. The van der Waals surface area contributed by atoms with Crippen LogP contribution in [0.5, 0.6) is 0 Å². The van der Waals surface area contributed by atoms with Crippen molar-refractivity contribution in [3.05, 3.63) is 0 Å². The van der Waals surface area contributed by atoms with Crippen molar-refractivity contribution in [2.45, 2.75) is 31.8 Å². The summed E-state index contributed by atoms with van der Waals surface area (Å²) in [5, 5.41) is 0. The summed E-state index contributed by atoms with van der Waals surface area (Å²) in [5.41, 5.74) is 10.4. The van der Waals surface area contributed by atoms with Crippen molar-refractivity contribution >= 4 is 6.29 Å². The van der Waals surface area contributed by atoms with E-state index in [0.717, 1.165) is 6.29 Å². The molecule has 0 bridgehead atoms. The zero-order chi connectivity index (χ0) is 7.33. The fourth-order valence-electron chi connectivity index (χ4n) is 0.504. The molecule has 0 rings (SSSR count). The Balaban J connectivity index is 3.44. The second-order valence-electron chi connectivity index (χ2n) is 2.29. The Morgan fingerprint density at radius 2 is 2.11 bits per heavy atom. The first-order valence-corrected chi connectivity index (χ1v) is 3.14. The van der Waals surface area contributed by atoms with Crippen molar-refractivity contribution in [1.82, 2.24) is 0 Å². The maximum absolute atomic E-state index is 9.86. The van der Waals surface area contributed by atoms with Gasteiger partial charge in [-0.3, -0.25) is 0 Å². The van der Waals surface area contributed by atoms with Gasteiger partial charge < -0.3 is 16.3 Å². The van der Waals surface area contributed by atoms with Gasteiger partial charge in [0.25, 0.3) is 0 Å². The molecule has 0 fully saturated rings. The first kappa shape index (κ1) is 8.59. The van der Waals surface area contributed by atoms with Crippen molar-refractivity contribution < 1.29 is 4.79 Å². The molecular formula is C6H14N2O. The summed E-state index contributed by atoms with van der Waals surface area (Å²) >= 11 is 0. The molecule has 9 heavy (non-hydrogen) atoms. The number of hydrogen-bond donors (Lipinski definition) is 2. The molecule has 3 nitrogen and oxygen atoms in total. The number of rotatable bonds is 4. The number of carbonyl (C=O) groups excluding carboxylic acids is 1. The molecule has 0 aliphatic rings. The number of carbonyl (C=O) groups is 1. The third-order valence-electron chi connectivity index (χ3n) is 1.39. The molecule has 0 unspecified atom stereocenters. The van der Waals surface area contributed by atoms with Crippen LogP contribution < -0.4 is 11.5 Å². The van der Waals surface area contributed by atoms with Crippen molar-refractivity contribution in [3.63, 3.8) is 0 Å². The van der Waals surface area contributed by atoms with E-state index in [0.29, 0.717) is 19.3 Å². The predicted molar refractivity (Wildman–Crippen MR) is 36.7 cm³/mol. The van der Waals surface area contributed by atoms with E-state index in [2.05, 4.69) is 0 Å². The summed E-state index contributed by atoms with van der Waals surface area (Å²) in [4.78, 5) is 9.86. The average Bonchev–Trinajstić information content (AvgIpc) is 1.84. The predicted octanol–water partition coefficient (Wildman–Crippen LogP) is -0.0108. The molecule has 0 saturated carbocycles. The van der Waals surface area contributed by atoms with E-state index in [1.807, 2.05) is 6.92 Å². The lowest BCUT2D eigenvalue weighted by Crippen LogP contribution is -2.48. The SMILES string of the molecule is CCC(N)(N)CCC=O. The lowest BCUT2D eigenvalue weighted by atomic mass is 10.0. The van der Waals surface area contributed by atoms with Crippen LogP contribution in [0.15, 0.2) is 0 Å². The quantitative estimate of drug-likeness (QED) is 0.415. The minimum absolute atomic E-state index is 0.459. The Bertz CT molecular complexity index is 91.1. The number of nitrogens with two attached hydrogens (primary N) is 2. The molecule has 4 N–H and O–H groups in total. The second kappa shape index (κ2) is 3.58. The third-order valence-corrected chi connectivity index (χ3v) is 1.39. The highest BCUT2D eigenvalue weighted by Crippen LogP contribution is 2.04. The topological polar surface area (TPSA) is 69.1 Å². The molecule has 0 spiro atoms. The van der Waals surface area contributed by atoms with E-state index in [-0.39, 0.29) is 0 Å². The van der Waals surface area contributed by atoms with Crippen LogP contribution in [-0.2, 0) is 4.79 Å². The Morgan fingerprint density at radius 1 is 1.56 bits per heavy atom. The highest BCUT2D eigenvalue weighted by molar-refractivity contribution is 5.49. The molecular weight excluding hydrogens is 116 g/mol. The van der Waals surface area contributed by atoms with E-state index < -0.39 is 5.66 Å². The van der Waals surface area contributed by atoms with Gasteiger partial charge >= 0.3 is 0 Å². The van der Waals surface area contributed by atoms with Gasteiger partial charge in [-0.25, -0.2) is 0 Å². The van der Waals surface area contributed by atoms with Gasteiger partial charge in [-0.2, -0.15) is 0 Å². The molecule has 0 aliphatic carbocycles. The summed E-state index contributed by atoms with van der Waals surface area (Å²) in [6.07, 6.45) is 2.58. The maximum Gasteiger partial charge on any atom is 0.120 e. The van der Waals surface area contributed by atoms with E-state index in [4.69, 9.17) is 11.5 Å². The molecule has 0 aromatic heterocycles. The van der Waals surface area contributed by atoms with E-state index >= 15 is 0 Å². The van der Waals surface area contributed by atoms with Gasteiger partial charge in [-0.15, -0.1) is 0 Å². The van der Waals surface area contributed by atoms with Crippen LogP contribution >= 0.6 is 0 Å². The van der Waals surface area contributed by atoms with Crippen LogP contribution in [0.4, 0.5) is 0 Å². The summed E-state index contributed by atoms with van der Waals surface area (Å²) in [6.45, 7) is 1.91. The highest BCUT2D eigenvalue weighted by Gasteiger charge is 2.14. The maximum atomic E-state index is 9.86. The van der Waals surface area contributed by atoms with Gasteiger partial charge in [0.15, 0.2) is 0 Å². The monoisotopic (exact) mass is 130 g/mol. The summed E-state index contributed by atoms with van der Waals surface area (Å²) in [5.74, 6) is 0. The van der Waals surface area contributed by atoms with Gasteiger partial charge in [-0.1, -0.05) is 6.92 Å². The Labute approximate surface area is 55.4 Å². The number of aldehydes is 1. The van der Waals surface area contributed by atoms with Crippen molar-refractivity contribution in [1.29, 1.82) is 0 Å². The summed E-state index contributed by atoms with van der Waals surface area (Å²) in [6, 6.07) is 0. The van der Waals surface area contributed by atoms with Crippen LogP contribution in [0.2, 0.25) is 0 Å². The van der Waals surface area contributed by atoms with Crippen LogP contribution in [0, 0.1) is 0 Å². The van der Waals surface area contributed by atoms with Crippen LogP contribution in [0.25, 0.3) is 0 Å². The Morgan fingerprint density at radius 3 is 2.44 bits per heavy atom. The molecule has 0 saturated heterocycles. The van der Waals surface area contributed by atoms with Crippen LogP contribution in [0.1, 0.15) is 26.2 Å². The van der Waals surface area contributed by atoms with Gasteiger partial charge in [0.05, 0.1) is 5.66 Å². The summed E-state index contributed by atoms with van der Waals surface area (Å²) < 4.78 is 0. The molecule has 0 aromatic carbocycles. The zero-order valence-electron chi connectivity index (χ0n) is 5.76. The standard InChI is InChI=1S/C6H14N2O/c1-2-6(7,8)4-3-5-9/h5H,2-4,7-8H2,1H3. The molecule has 3 heteroatoms. The minimum Gasteiger partial charge on any atom is -0.313 e. The minimum atomic E-state index is -0.638. The zero-order valence-corrected chi connectivity index (χ0v) is 5.76. The molecule has 54 valence electrons. The van der Waals surface area contributed by atoms with E-state index in [9.17, 15) is 4.79 Å². The summed E-state index contributed by atoms with van der Waals surface area (Å²) in [7, 11) is 0. The van der Waals surface area contributed by atoms with E-state index in [1.165, 1.54) is 0 Å². The largest absolute Gasteiger partial charge is 0.313 e. The van der Waals surface area contributed by atoms with Gasteiger partial charge in [-0.05, 0) is 12.8 Å². The van der Waals surface area contributed by atoms with E-state index in [1.54, 1.807) is 0 Å². The first-order valence-electron chi connectivity index (χ1n) is 3.14. The Kier molecular flexibility index (Phi) is 3.42. The molecule has 0 aromatic rings. The molecule has 0 aliphatic heterocycles. The third kappa shape index (κ3) is 4.12. The van der Waals surface area contributed by atoms with Gasteiger partial charge in [0, 0.05) is 6.42 Å². The lowest BCUT2D eigenvalue weighted by Gasteiger charge is -2.20. The normalized spacial score (nSPS) is 11.4. The molecule has 0 amide bonds. The van der Waals surface area contributed by atoms with Crippen LogP contribution in [0.3, 0.4) is 0 Å². The van der Waals surface area contributed by atoms with Crippen molar-refractivity contribution in [2.75, 3.05) is 0 Å². The average molecular weight is 130 g/mol. The van der Waals surface area contributed by atoms with Crippen molar-refractivity contribution in [3.8, 4) is 0 Å².